The molecule has 0 spiro atoms. The van der Waals surface area contributed by atoms with E-state index in [4.69, 9.17) is 33.1 Å². The molecule has 0 radical (unpaired) electrons. The van der Waals surface area contributed by atoms with Gasteiger partial charge in [-0.3, -0.25) is 9.67 Å². The van der Waals surface area contributed by atoms with Gasteiger partial charge in [0.15, 0.2) is 4.77 Å². The summed E-state index contributed by atoms with van der Waals surface area (Å²) < 4.78 is 13.0. The fourth-order valence-corrected chi connectivity index (χ4v) is 4.71. The van der Waals surface area contributed by atoms with E-state index in [-0.39, 0.29) is 0 Å². The van der Waals surface area contributed by atoms with Gasteiger partial charge in [-0.15, -0.1) is 0 Å². The maximum absolute atomic E-state index is 5.34. The molecule has 2 rings (SSSR count). The van der Waals surface area contributed by atoms with Crippen molar-refractivity contribution in [2.75, 3.05) is 14.2 Å². The lowest BCUT2D eigenvalue weighted by Gasteiger charge is -2.16. The minimum absolute atomic E-state index is 0.553. The number of hydrogen-bond acceptors (Lipinski definition) is 6. The fraction of sp³-hybridized carbons (Fsp3) is 0.333. The van der Waals surface area contributed by atoms with E-state index >= 15 is 0 Å². The first-order valence-corrected chi connectivity index (χ1v) is 10.7. The zero-order chi connectivity index (χ0) is 15.5. The van der Waals surface area contributed by atoms with Gasteiger partial charge in [0.05, 0.1) is 5.75 Å². The Bertz CT molecular complexity index is 703. The molecule has 2 aromatic rings. The van der Waals surface area contributed by atoms with E-state index in [0.29, 0.717) is 10.5 Å². The lowest BCUT2D eigenvalue weighted by molar-refractivity contribution is 0.354. The number of nitrogens with one attached hydrogen (secondary N) is 1. The highest BCUT2D eigenvalue weighted by atomic mass is 32.9. The Balaban J connectivity index is 2.29. The van der Waals surface area contributed by atoms with E-state index in [0.717, 1.165) is 11.5 Å². The summed E-state index contributed by atoms with van der Waals surface area (Å²) in [7, 11) is 3.13. The van der Waals surface area contributed by atoms with Crippen molar-refractivity contribution in [1.29, 1.82) is 0 Å². The summed E-state index contributed by atoms with van der Waals surface area (Å²) in [5.74, 6) is 1.34. The monoisotopic (exact) mass is 361 g/mol. The fourth-order valence-electron chi connectivity index (χ4n) is 1.70. The van der Waals surface area contributed by atoms with Crippen molar-refractivity contribution in [3.63, 3.8) is 0 Å². The smallest absolute Gasteiger partial charge is 0.247 e. The second kappa shape index (κ2) is 7.17. The number of aryl methyl sites for hydroxylation is 1. The number of rotatable bonds is 6. The van der Waals surface area contributed by atoms with Crippen LogP contribution in [0.15, 0.2) is 24.3 Å². The van der Waals surface area contributed by atoms with Gasteiger partial charge in [0, 0.05) is 19.9 Å². The van der Waals surface area contributed by atoms with Crippen LogP contribution < -0.4 is 0 Å². The zero-order valence-electron chi connectivity index (χ0n) is 11.9. The highest BCUT2D eigenvalue weighted by molar-refractivity contribution is 8.67. The minimum Gasteiger partial charge on any atom is -0.325 e. The molecule has 0 atom stereocenters. The Hall–Kier alpha value is -0.500. The van der Waals surface area contributed by atoms with Crippen molar-refractivity contribution in [3.05, 3.63) is 40.4 Å². The molecule has 0 aliphatic carbocycles. The highest BCUT2D eigenvalue weighted by Crippen LogP contribution is 2.60. The Morgan fingerprint density at radius 3 is 2.48 bits per heavy atom. The Labute approximate surface area is 138 Å². The third-order valence-corrected chi connectivity index (χ3v) is 8.78. The SMILES string of the molecule is COP(=S)(OC)SCc1n[nH]c(=S)n1-c1ccc(C)cc1. The molecule has 21 heavy (non-hydrogen) atoms. The first-order chi connectivity index (χ1) is 9.99. The topological polar surface area (TPSA) is 52.1 Å². The van der Waals surface area contributed by atoms with E-state index in [1.54, 1.807) is 14.2 Å². The minimum atomic E-state index is -2.31. The third kappa shape index (κ3) is 4.03. The maximum atomic E-state index is 5.34. The van der Waals surface area contributed by atoms with Crippen molar-refractivity contribution < 1.29 is 9.05 Å². The average molecular weight is 361 g/mol. The molecule has 0 saturated carbocycles. The van der Waals surface area contributed by atoms with Crippen LogP contribution in [0.25, 0.3) is 5.69 Å². The molecular formula is C12H16N3O2PS3. The molecule has 1 N–H and O–H groups in total. The van der Waals surface area contributed by atoms with Crippen molar-refractivity contribution in [1.82, 2.24) is 14.8 Å². The Kier molecular flexibility index (Phi) is 5.76. The van der Waals surface area contributed by atoms with Gasteiger partial charge >= 0.3 is 0 Å². The van der Waals surface area contributed by atoms with Gasteiger partial charge < -0.3 is 9.05 Å². The average Bonchev–Trinajstić information content (AvgIpc) is 2.87. The number of aromatic amines is 1. The zero-order valence-corrected chi connectivity index (χ0v) is 15.2. The second-order valence-electron chi connectivity index (χ2n) is 4.20. The van der Waals surface area contributed by atoms with Crippen molar-refractivity contribution in [2.24, 2.45) is 0 Å². The normalized spacial score (nSPS) is 11.8. The van der Waals surface area contributed by atoms with Crippen LogP contribution in [0.1, 0.15) is 11.4 Å². The first kappa shape index (κ1) is 16.9. The predicted molar refractivity (Wildman–Crippen MR) is 93.1 cm³/mol. The number of nitrogens with zero attached hydrogens (tertiary/aromatic N) is 2. The molecule has 1 heterocycles. The molecule has 5 nitrogen and oxygen atoms in total. The lowest BCUT2D eigenvalue weighted by Crippen LogP contribution is -2.00. The van der Waals surface area contributed by atoms with Gasteiger partial charge in [-0.25, -0.2) is 0 Å². The van der Waals surface area contributed by atoms with Crippen LogP contribution >= 0.6 is 29.3 Å². The molecule has 0 saturated heterocycles. The molecule has 9 heteroatoms. The molecule has 0 unspecified atom stereocenters. The molecule has 1 aromatic heterocycles. The summed E-state index contributed by atoms with van der Waals surface area (Å²) in [5.41, 5.74) is -0.144. The molecule has 0 bridgehead atoms. The van der Waals surface area contributed by atoms with Crippen LogP contribution in [-0.4, -0.2) is 29.0 Å². The number of hydrogen-bond donors (Lipinski definition) is 1. The number of H-pyrrole nitrogens is 1. The molecule has 0 aliphatic heterocycles. The summed E-state index contributed by atoms with van der Waals surface area (Å²) in [6.07, 6.45) is 0. The van der Waals surface area contributed by atoms with Crippen molar-refractivity contribution in [2.45, 2.75) is 12.7 Å². The highest BCUT2D eigenvalue weighted by Gasteiger charge is 2.19. The summed E-state index contributed by atoms with van der Waals surface area (Å²) >= 11 is 12.1. The Morgan fingerprint density at radius 2 is 1.90 bits per heavy atom. The van der Waals surface area contributed by atoms with Gasteiger partial charge in [-0.1, -0.05) is 29.1 Å². The van der Waals surface area contributed by atoms with E-state index < -0.39 is 5.69 Å². The van der Waals surface area contributed by atoms with Crippen LogP contribution in [0.5, 0.6) is 0 Å². The van der Waals surface area contributed by atoms with Gasteiger partial charge in [-0.2, -0.15) is 5.10 Å². The van der Waals surface area contributed by atoms with Gasteiger partial charge in [0.25, 0.3) is 0 Å². The van der Waals surface area contributed by atoms with Gasteiger partial charge in [0.1, 0.15) is 5.82 Å². The predicted octanol–water partition coefficient (Wildman–Crippen LogP) is 3.99. The van der Waals surface area contributed by atoms with Crippen LogP contribution in [0, 0.1) is 11.7 Å². The summed E-state index contributed by atoms with van der Waals surface area (Å²) in [6, 6.07) is 8.10. The quantitative estimate of drug-likeness (QED) is 0.620. The molecule has 0 fully saturated rings. The van der Waals surface area contributed by atoms with Gasteiger partial charge in [-0.05, 0) is 43.1 Å². The summed E-state index contributed by atoms with van der Waals surface area (Å²) in [5, 5.41) is 7.09. The van der Waals surface area contributed by atoms with Gasteiger partial charge in [0.2, 0.25) is 5.69 Å². The molecule has 0 aliphatic rings. The first-order valence-electron chi connectivity index (χ1n) is 6.08. The number of aromatic nitrogens is 3. The lowest BCUT2D eigenvalue weighted by atomic mass is 10.2. The molecule has 114 valence electrons. The number of benzene rings is 1. The third-order valence-electron chi connectivity index (χ3n) is 2.83. The van der Waals surface area contributed by atoms with Crippen molar-refractivity contribution >= 4 is 41.1 Å². The van der Waals surface area contributed by atoms with E-state index in [1.165, 1.54) is 16.9 Å². The van der Waals surface area contributed by atoms with E-state index in [9.17, 15) is 0 Å². The van der Waals surface area contributed by atoms with Crippen molar-refractivity contribution in [3.8, 4) is 5.69 Å². The van der Waals surface area contributed by atoms with Crippen LogP contribution in [0.4, 0.5) is 0 Å². The van der Waals surface area contributed by atoms with E-state index in [2.05, 4.69) is 10.2 Å². The molecule has 1 aromatic carbocycles. The van der Waals surface area contributed by atoms with Crippen LogP contribution in [-0.2, 0) is 26.6 Å². The summed E-state index contributed by atoms with van der Waals surface area (Å²) in [4.78, 5) is 0. The largest absolute Gasteiger partial charge is 0.325 e. The second-order valence-corrected chi connectivity index (χ2v) is 11.1. The summed E-state index contributed by atoms with van der Waals surface area (Å²) in [6.45, 7) is 2.04. The van der Waals surface area contributed by atoms with Crippen LogP contribution in [0.3, 0.4) is 0 Å². The maximum Gasteiger partial charge on any atom is 0.247 e. The van der Waals surface area contributed by atoms with Crippen LogP contribution in [0.2, 0.25) is 0 Å². The molecule has 0 amide bonds. The molecular weight excluding hydrogens is 345 g/mol. The van der Waals surface area contributed by atoms with E-state index in [1.807, 2.05) is 35.8 Å². The standard InChI is InChI=1S/C12H16N3O2PS3/c1-9-4-6-10(7-5-9)15-11(13-14-12(15)19)8-21-18(20,16-2)17-3/h4-7H,8H2,1-3H3,(H,14,19). The Morgan fingerprint density at radius 1 is 1.29 bits per heavy atom.